The van der Waals surface area contributed by atoms with Crippen LogP contribution >= 0.6 is 0 Å². The number of benzene rings is 1. The van der Waals surface area contributed by atoms with Gasteiger partial charge >= 0.3 is 0 Å². The van der Waals surface area contributed by atoms with Gasteiger partial charge in [0.15, 0.2) is 0 Å². The van der Waals surface area contributed by atoms with E-state index in [0.29, 0.717) is 30.4 Å². The Labute approximate surface area is 143 Å². The predicted octanol–water partition coefficient (Wildman–Crippen LogP) is 2.46. The van der Waals surface area contributed by atoms with E-state index in [2.05, 4.69) is 5.32 Å². The van der Waals surface area contributed by atoms with Crippen LogP contribution in [0.1, 0.15) is 32.6 Å². The molecule has 1 aromatic rings. The molecular weight excluding hydrogens is 328 g/mol. The highest BCUT2D eigenvalue weighted by Crippen LogP contribution is 2.39. The van der Waals surface area contributed by atoms with E-state index in [-0.39, 0.29) is 16.7 Å². The molecule has 3 rings (SSSR count). The maximum Gasteiger partial charge on any atom is 0.243 e. The monoisotopic (exact) mass is 352 g/mol. The summed E-state index contributed by atoms with van der Waals surface area (Å²) in [6.45, 7) is 3.13. The van der Waals surface area contributed by atoms with E-state index in [4.69, 9.17) is 4.74 Å². The second kappa shape index (κ2) is 6.72. The molecule has 7 heteroatoms. The number of ether oxygens (including phenoxy) is 1. The number of piperidine rings is 1. The number of hydrogen-bond acceptors (Lipinski definition) is 4. The summed E-state index contributed by atoms with van der Waals surface area (Å²) in [4.78, 5) is 12.4. The third-order valence-electron chi connectivity index (χ3n) is 4.83. The number of methoxy groups -OCH3 is 1. The normalized spacial score (nSPS) is 24.4. The third kappa shape index (κ3) is 3.42. The highest BCUT2D eigenvalue weighted by atomic mass is 32.2. The van der Waals surface area contributed by atoms with Crippen molar-refractivity contribution in [1.82, 2.24) is 4.31 Å². The Morgan fingerprint density at radius 1 is 1.25 bits per heavy atom. The lowest BCUT2D eigenvalue weighted by Gasteiger charge is -2.26. The molecule has 1 saturated carbocycles. The Kier molecular flexibility index (Phi) is 4.83. The van der Waals surface area contributed by atoms with E-state index >= 15 is 0 Å². The summed E-state index contributed by atoms with van der Waals surface area (Å²) in [7, 11) is -2.03. The smallest absolute Gasteiger partial charge is 0.243 e. The molecule has 2 fully saturated rings. The molecule has 0 aromatic heterocycles. The first kappa shape index (κ1) is 17.2. The molecule has 0 unspecified atom stereocenters. The van der Waals surface area contributed by atoms with Gasteiger partial charge in [-0.3, -0.25) is 4.79 Å². The van der Waals surface area contributed by atoms with Gasteiger partial charge in [-0.2, -0.15) is 4.31 Å². The first-order valence-electron chi connectivity index (χ1n) is 8.42. The second-order valence-electron chi connectivity index (χ2n) is 6.64. The van der Waals surface area contributed by atoms with Crippen molar-refractivity contribution < 1.29 is 17.9 Å². The zero-order chi connectivity index (χ0) is 17.3. The minimum absolute atomic E-state index is 0.0112. The van der Waals surface area contributed by atoms with E-state index < -0.39 is 10.0 Å². The zero-order valence-corrected chi connectivity index (χ0v) is 14.9. The van der Waals surface area contributed by atoms with Gasteiger partial charge < -0.3 is 10.1 Å². The summed E-state index contributed by atoms with van der Waals surface area (Å²) in [5.41, 5.74) is 0.416. The lowest BCUT2D eigenvalue weighted by atomic mass is 10.2. The Morgan fingerprint density at radius 3 is 2.50 bits per heavy atom. The van der Waals surface area contributed by atoms with Crippen LogP contribution in [0.25, 0.3) is 0 Å². The van der Waals surface area contributed by atoms with Crippen LogP contribution in [-0.4, -0.2) is 38.8 Å². The minimum Gasteiger partial charge on any atom is -0.495 e. The second-order valence-corrected chi connectivity index (χ2v) is 8.57. The van der Waals surface area contributed by atoms with Gasteiger partial charge in [0, 0.05) is 19.0 Å². The molecule has 24 heavy (non-hydrogen) atoms. The number of hydrogen-bond donors (Lipinski definition) is 1. The summed E-state index contributed by atoms with van der Waals surface area (Å²) < 4.78 is 32.4. The number of rotatable bonds is 5. The molecule has 1 aromatic carbocycles. The molecule has 6 nitrogen and oxygen atoms in total. The molecule has 0 bridgehead atoms. The van der Waals surface area contributed by atoms with E-state index in [1.807, 2.05) is 6.92 Å². The van der Waals surface area contributed by atoms with Crippen LogP contribution in [0.4, 0.5) is 5.69 Å². The fourth-order valence-electron chi connectivity index (χ4n) is 3.11. The molecule has 2 aliphatic rings. The average molecular weight is 352 g/mol. The largest absolute Gasteiger partial charge is 0.495 e. The van der Waals surface area contributed by atoms with E-state index in [1.165, 1.54) is 23.5 Å². The number of anilines is 1. The van der Waals surface area contributed by atoms with Crippen LogP contribution in [0.2, 0.25) is 0 Å². The number of carbonyl (C=O) groups is 1. The number of nitrogens with zero attached hydrogens (tertiary/aromatic N) is 1. The van der Waals surface area contributed by atoms with Crippen LogP contribution in [0.3, 0.4) is 0 Å². The number of amides is 1. The zero-order valence-electron chi connectivity index (χ0n) is 14.1. The van der Waals surface area contributed by atoms with Gasteiger partial charge in [-0.1, -0.05) is 13.3 Å². The fraction of sp³-hybridized carbons (Fsp3) is 0.588. The third-order valence-corrected chi connectivity index (χ3v) is 6.72. The molecule has 1 heterocycles. The Hall–Kier alpha value is -1.60. The van der Waals surface area contributed by atoms with Crippen molar-refractivity contribution in [3.63, 3.8) is 0 Å². The lowest BCUT2D eigenvalue weighted by molar-refractivity contribution is -0.117. The van der Waals surface area contributed by atoms with E-state index in [0.717, 1.165) is 25.7 Å². The molecular formula is C17H24N2O4S. The van der Waals surface area contributed by atoms with Crippen molar-refractivity contribution >= 4 is 21.6 Å². The summed E-state index contributed by atoms with van der Waals surface area (Å²) in [5, 5.41) is 2.82. The molecule has 1 N–H and O–H groups in total. The van der Waals surface area contributed by atoms with Crippen molar-refractivity contribution in [3.8, 4) is 5.75 Å². The maximum absolute atomic E-state index is 12.8. The van der Waals surface area contributed by atoms with Gasteiger partial charge in [0.1, 0.15) is 5.75 Å². The Bertz CT molecular complexity index is 726. The molecule has 2 atom stereocenters. The van der Waals surface area contributed by atoms with Crippen molar-refractivity contribution in [2.75, 3.05) is 25.5 Å². The summed E-state index contributed by atoms with van der Waals surface area (Å²) in [6, 6.07) is 4.65. The first-order valence-corrected chi connectivity index (χ1v) is 9.86. The van der Waals surface area contributed by atoms with Gasteiger partial charge in [-0.15, -0.1) is 0 Å². The van der Waals surface area contributed by atoms with Gasteiger partial charge in [-0.25, -0.2) is 8.42 Å². The van der Waals surface area contributed by atoms with Gasteiger partial charge in [0.05, 0.1) is 17.7 Å². The Balaban J connectivity index is 1.86. The molecule has 1 aliphatic heterocycles. The molecule has 1 amide bonds. The fourth-order valence-corrected chi connectivity index (χ4v) is 4.66. The van der Waals surface area contributed by atoms with Crippen LogP contribution in [0.15, 0.2) is 23.1 Å². The van der Waals surface area contributed by atoms with Crippen molar-refractivity contribution in [3.05, 3.63) is 18.2 Å². The van der Waals surface area contributed by atoms with Gasteiger partial charge in [0.25, 0.3) is 0 Å². The van der Waals surface area contributed by atoms with Crippen LogP contribution in [-0.2, 0) is 14.8 Å². The topological polar surface area (TPSA) is 75.7 Å². The summed E-state index contributed by atoms with van der Waals surface area (Å²) in [6.07, 6.45) is 3.71. The van der Waals surface area contributed by atoms with Crippen LogP contribution < -0.4 is 10.1 Å². The molecule has 1 saturated heterocycles. The number of sulfonamides is 1. The van der Waals surface area contributed by atoms with E-state index in [1.54, 1.807) is 6.07 Å². The van der Waals surface area contributed by atoms with Crippen molar-refractivity contribution in [1.29, 1.82) is 0 Å². The summed E-state index contributed by atoms with van der Waals surface area (Å²) in [5.74, 6) is 0.788. The lowest BCUT2D eigenvalue weighted by Crippen LogP contribution is -2.35. The van der Waals surface area contributed by atoms with Gasteiger partial charge in [-0.05, 0) is 43.4 Å². The van der Waals surface area contributed by atoms with Crippen LogP contribution in [0, 0.1) is 11.8 Å². The number of nitrogens with one attached hydrogen (secondary N) is 1. The molecule has 0 radical (unpaired) electrons. The molecule has 0 spiro atoms. The first-order chi connectivity index (χ1) is 11.4. The molecule has 1 aliphatic carbocycles. The minimum atomic E-state index is -3.53. The van der Waals surface area contributed by atoms with Crippen LogP contribution in [0.5, 0.6) is 5.75 Å². The molecule has 132 valence electrons. The van der Waals surface area contributed by atoms with E-state index in [9.17, 15) is 13.2 Å². The highest BCUT2D eigenvalue weighted by Gasteiger charge is 2.39. The van der Waals surface area contributed by atoms with Gasteiger partial charge in [0.2, 0.25) is 15.9 Å². The number of carbonyl (C=O) groups excluding carboxylic acids is 1. The predicted molar refractivity (Wildman–Crippen MR) is 91.5 cm³/mol. The Morgan fingerprint density at radius 2 is 1.92 bits per heavy atom. The quantitative estimate of drug-likeness (QED) is 0.883. The standard InChI is InChI=1S/C17H24N2O4S/c1-12-10-14(12)17(20)18-15-11-13(6-7-16(15)23-2)24(21,22)19-8-4-3-5-9-19/h6-7,11-12,14H,3-5,8-10H2,1-2H3,(H,18,20)/t12-,14-/m1/s1. The average Bonchev–Trinajstić information content (AvgIpc) is 3.32. The maximum atomic E-state index is 12.8. The van der Waals surface area contributed by atoms with Crippen molar-refractivity contribution in [2.45, 2.75) is 37.5 Å². The highest BCUT2D eigenvalue weighted by molar-refractivity contribution is 7.89. The van der Waals surface area contributed by atoms with Crippen molar-refractivity contribution in [2.24, 2.45) is 11.8 Å². The summed E-state index contributed by atoms with van der Waals surface area (Å²) >= 11 is 0. The SMILES string of the molecule is COc1ccc(S(=O)(=O)N2CCCCC2)cc1NC(=O)[C@@H]1C[C@H]1C.